The second kappa shape index (κ2) is 14.2. The Morgan fingerprint density at radius 2 is 1.08 bits per heavy atom. The molecule has 0 spiro atoms. The fourth-order valence-electron chi connectivity index (χ4n) is 9.50. The van der Waals surface area contributed by atoms with E-state index in [2.05, 4.69) is 241 Å². The van der Waals surface area contributed by atoms with E-state index in [1.807, 2.05) is 0 Å². The van der Waals surface area contributed by atoms with Gasteiger partial charge in [-0.15, -0.1) is 0 Å². The number of hydrogen-bond donors (Lipinski definition) is 0. The number of anilines is 2. The molecule has 1 atom stereocenters. The van der Waals surface area contributed by atoms with Crippen LogP contribution in [0, 0.1) is 0 Å². The Labute approximate surface area is 345 Å². The predicted octanol–water partition coefficient (Wildman–Crippen LogP) is 15.4. The van der Waals surface area contributed by atoms with Gasteiger partial charge in [-0.2, -0.15) is 0 Å². The molecule has 0 saturated heterocycles. The molecule has 59 heavy (non-hydrogen) atoms. The largest absolute Gasteiger partial charge is 0.332 e. The Morgan fingerprint density at radius 3 is 1.92 bits per heavy atom. The van der Waals surface area contributed by atoms with E-state index in [0.29, 0.717) is 0 Å². The summed E-state index contributed by atoms with van der Waals surface area (Å²) >= 11 is 0. The number of benzene rings is 9. The molecule has 1 aliphatic rings. The molecule has 2 heteroatoms. The van der Waals surface area contributed by atoms with Crippen molar-refractivity contribution in [3.63, 3.8) is 0 Å². The van der Waals surface area contributed by atoms with Gasteiger partial charge >= 0.3 is 0 Å². The molecule has 280 valence electrons. The van der Waals surface area contributed by atoms with Crippen molar-refractivity contribution in [2.75, 3.05) is 4.90 Å². The van der Waals surface area contributed by atoms with Gasteiger partial charge in [0.25, 0.3) is 0 Å². The minimum Gasteiger partial charge on any atom is -0.332 e. The first-order valence-corrected chi connectivity index (χ1v) is 20.6. The highest BCUT2D eigenvalue weighted by molar-refractivity contribution is 6.16. The number of rotatable bonds is 7. The summed E-state index contributed by atoms with van der Waals surface area (Å²) in [4.78, 5) is 2.56. The Hall–Kier alpha value is -7.42. The third kappa shape index (κ3) is 5.96. The van der Waals surface area contributed by atoms with Crippen molar-refractivity contribution in [1.82, 2.24) is 4.57 Å². The van der Waals surface area contributed by atoms with Gasteiger partial charge in [-0.25, -0.2) is 0 Å². The van der Waals surface area contributed by atoms with Crippen molar-refractivity contribution in [3.8, 4) is 27.9 Å². The highest BCUT2D eigenvalue weighted by Crippen LogP contribution is 2.45. The fourth-order valence-corrected chi connectivity index (χ4v) is 9.50. The zero-order valence-corrected chi connectivity index (χ0v) is 33.0. The van der Waals surface area contributed by atoms with Crippen molar-refractivity contribution >= 4 is 60.3 Å². The molecule has 0 aliphatic heterocycles. The van der Waals surface area contributed by atoms with E-state index in [0.717, 1.165) is 23.5 Å². The Bertz CT molecular complexity index is 3260. The lowest BCUT2D eigenvalue weighted by molar-refractivity contribution is 0.571. The van der Waals surface area contributed by atoms with E-state index >= 15 is 0 Å². The summed E-state index contributed by atoms with van der Waals surface area (Å²) in [7, 11) is 0. The minimum atomic E-state index is -0.357. The molecule has 1 aliphatic carbocycles. The molecule has 0 saturated carbocycles. The average molecular weight is 755 g/mol. The van der Waals surface area contributed by atoms with Crippen LogP contribution in [0.2, 0.25) is 0 Å². The van der Waals surface area contributed by atoms with Crippen LogP contribution in [0.5, 0.6) is 0 Å². The highest BCUT2D eigenvalue weighted by atomic mass is 15.2. The summed E-state index contributed by atoms with van der Waals surface area (Å²) in [5, 5.41) is 7.56. The van der Waals surface area contributed by atoms with E-state index in [-0.39, 0.29) is 5.54 Å². The maximum atomic E-state index is 2.56. The molecule has 2 nitrogen and oxygen atoms in total. The predicted molar refractivity (Wildman–Crippen MR) is 252 cm³/mol. The lowest BCUT2D eigenvalue weighted by Gasteiger charge is -2.42. The summed E-state index contributed by atoms with van der Waals surface area (Å²) in [5.41, 5.74) is 12.9. The molecule has 0 bridgehead atoms. The third-order valence-electron chi connectivity index (χ3n) is 12.3. The fraction of sp³-hybridized carbons (Fsp3) is 0.0526. The van der Waals surface area contributed by atoms with E-state index in [9.17, 15) is 0 Å². The summed E-state index contributed by atoms with van der Waals surface area (Å²) in [6.07, 6.45) is 8.04. The first-order valence-electron chi connectivity index (χ1n) is 20.6. The SMILES string of the molecule is CC1(N(c2cccc(-c3cccc4c3c3ccccc3n4-c3ccccc3)c2)c2ccc3c(ccc4ccccc43)c2)C=CC(c2ccccc2-c2ccccc2)=CC1. The Balaban J connectivity index is 1.07. The number of nitrogens with zero attached hydrogens (tertiary/aromatic N) is 2. The van der Waals surface area contributed by atoms with Crippen LogP contribution in [-0.2, 0) is 0 Å². The zero-order valence-electron chi connectivity index (χ0n) is 33.0. The number of fused-ring (bicyclic) bond motifs is 6. The van der Waals surface area contributed by atoms with Gasteiger partial charge in [-0.05, 0) is 117 Å². The van der Waals surface area contributed by atoms with Crippen LogP contribution in [0.4, 0.5) is 11.4 Å². The van der Waals surface area contributed by atoms with Crippen LogP contribution in [0.15, 0.2) is 224 Å². The topological polar surface area (TPSA) is 8.17 Å². The van der Waals surface area contributed by atoms with Gasteiger partial charge in [0.15, 0.2) is 0 Å². The third-order valence-corrected chi connectivity index (χ3v) is 12.3. The molecular formula is C57H42N2. The van der Waals surface area contributed by atoms with Crippen LogP contribution in [0.3, 0.4) is 0 Å². The quantitative estimate of drug-likeness (QED) is 0.147. The molecule has 11 rings (SSSR count). The Morgan fingerprint density at radius 1 is 0.458 bits per heavy atom. The standard InChI is InChI=1S/C57H42N2/c1-57(36-34-42(35-37-57)50-25-11-10-24-48(50)40-16-4-2-5-17-40)59(47-32-33-51-44(39-47)31-30-41-18-8-9-23-49(41)51)46-22-14-19-43(38-46)52-27-15-29-55-56(52)53-26-12-13-28-54(53)58(55)45-20-6-3-7-21-45/h2-36,38-39H,37H2,1H3. The van der Waals surface area contributed by atoms with Crippen LogP contribution in [-0.4, -0.2) is 10.1 Å². The first kappa shape index (κ1) is 34.8. The molecule has 0 amide bonds. The molecule has 10 aromatic rings. The summed E-state index contributed by atoms with van der Waals surface area (Å²) in [5.74, 6) is 0. The van der Waals surface area contributed by atoms with Gasteiger partial charge in [-0.1, -0.05) is 176 Å². The lowest BCUT2D eigenvalue weighted by atomic mass is 9.84. The highest BCUT2D eigenvalue weighted by Gasteiger charge is 2.33. The van der Waals surface area contributed by atoms with Crippen molar-refractivity contribution in [1.29, 1.82) is 0 Å². The molecule has 0 radical (unpaired) electrons. The number of hydrogen-bond acceptors (Lipinski definition) is 1. The van der Waals surface area contributed by atoms with Gasteiger partial charge < -0.3 is 9.47 Å². The summed E-state index contributed by atoms with van der Waals surface area (Å²) in [6, 6.07) is 75.2. The second-order valence-corrected chi connectivity index (χ2v) is 15.9. The van der Waals surface area contributed by atoms with E-state index < -0.39 is 0 Å². The van der Waals surface area contributed by atoms with Crippen LogP contribution >= 0.6 is 0 Å². The maximum absolute atomic E-state index is 2.56. The second-order valence-electron chi connectivity index (χ2n) is 15.9. The van der Waals surface area contributed by atoms with E-state index in [1.165, 1.54) is 76.7 Å². The molecule has 0 fully saturated rings. The molecule has 1 aromatic heterocycles. The normalized spacial score (nSPS) is 15.2. The molecule has 0 N–H and O–H groups in total. The molecular weight excluding hydrogens is 713 g/mol. The lowest BCUT2D eigenvalue weighted by Crippen LogP contribution is -2.42. The van der Waals surface area contributed by atoms with Crippen LogP contribution in [0.25, 0.3) is 76.9 Å². The monoisotopic (exact) mass is 754 g/mol. The number of allylic oxidation sites excluding steroid dienone is 2. The van der Waals surface area contributed by atoms with Crippen molar-refractivity contribution in [3.05, 3.63) is 230 Å². The summed E-state index contributed by atoms with van der Waals surface area (Å²) < 4.78 is 2.40. The van der Waals surface area contributed by atoms with Gasteiger partial charge in [0.05, 0.1) is 16.6 Å². The molecule has 1 heterocycles. The van der Waals surface area contributed by atoms with Gasteiger partial charge in [-0.3, -0.25) is 0 Å². The zero-order chi connectivity index (χ0) is 39.3. The van der Waals surface area contributed by atoms with E-state index in [1.54, 1.807) is 0 Å². The van der Waals surface area contributed by atoms with Crippen molar-refractivity contribution < 1.29 is 0 Å². The molecule has 1 unspecified atom stereocenters. The number of aromatic nitrogens is 1. The average Bonchev–Trinajstić information content (AvgIpc) is 3.64. The number of para-hydroxylation sites is 2. The van der Waals surface area contributed by atoms with Gasteiger partial charge in [0.1, 0.15) is 0 Å². The van der Waals surface area contributed by atoms with Gasteiger partial charge in [0.2, 0.25) is 0 Å². The first-order chi connectivity index (χ1) is 29.1. The molecule has 9 aromatic carbocycles. The van der Waals surface area contributed by atoms with Crippen molar-refractivity contribution in [2.24, 2.45) is 0 Å². The van der Waals surface area contributed by atoms with Crippen LogP contribution in [0.1, 0.15) is 18.9 Å². The van der Waals surface area contributed by atoms with E-state index in [4.69, 9.17) is 0 Å². The van der Waals surface area contributed by atoms with Crippen molar-refractivity contribution in [2.45, 2.75) is 18.9 Å². The Kier molecular flexibility index (Phi) is 8.37. The summed E-state index contributed by atoms with van der Waals surface area (Å²) in [6.45, 7) is 2.38. The van der Waals surface area contributed by atoms with Crippen LogP contribution < -0.4 is 4.90 Å². The maximum Gasteiger partial charge on any atom is 0.0643 e. The smallest absolute Gasteiger partial charge is 0.0643 e. The minimum absolute atomic E-state index is 0.357. The van der Waals surface area contributed by atoms with Gasteiger partial charge in [0, 0.05) is 27.8 Å².